The van der Waals surface area contributed by atoms with Crippen LogP contribution in [0, 0.1) is 5.82 Å². The molecule has 37 heavy (non-hydrogen) atoms. The van der Waals surface area contributed by atoms with Crippen molar-refractivity contribution in [2.45, 2.75) is 6.17 Å². The summed E-state index contributed by atoms with van der Waals surface area (Å²) in [6.07, 6.45) is -0.962. The van der Waals surface area contributed by atoms with Gasteiger partial charge in [-0.3, -0.25) is 10.1 Å². The molecule has 0 bridgehead atoms. The summed E-state index contributed by atoms with van der Waals surface area (Å²) in [4.78, 5) is 16.1. The Morgan fingerprint density at radius 2 is 1.89 bits per heavy atom. The maximum atomic E-state index is 14.6. The third-order valence-electron chi connectivity index (χ3n) is 6.09. The first-order valence-electron chi connectivity index (χ1n) is 11.2. The molecule has 3 aromatic rings. The number of nitrogens with one attached hydrogen (secondary N) is 1. The minimum absolute atomic E-state index is 0.177. The smallest absolute Gasteiger partial charge is 0.258 e. The minimum atomic E-state index is -0.962. The summed E-state index contributed by atoms with van der Waals surface area (Å²) in [5, 5.41) is 6.23. The number of rotatable bonds is 6. The van der Waals surface area contributed by atoms with Crippen LogP contribution in [0.1, 0.15) is 15.9 Å². The molecule has 1 heterocycles. The molecule has 0 radical (unpaired) electrons. The standard InChI is InChI=1S/C26H24Cl2F2N6O/c1-14(24-20(28)4-3-5-21(24)30)35(2)22-9-7-15(11-23(22)36-12-17(29)13-36)18-10-16(6-8-19(18)27)25(37)33-26(31)34-32/h3-11,17H,1,12-13,32H2,2H3,(H3,31,33,34,37). The second-order valence-electron chi connectivity index (χ2n) is 8.47. The third-order valence-corrected chi connectivity index (χ3v) is 6.74. The van der Waals surface area contributed by atoms with E-state index in [2.05, 4.69) is 17.0 Å². The average Bonchev–Trinajstić information content (AvgIpc) is 2.86. The monoisotopic (exact) mass is 544 g/mol. The van der Waals surface area contributed by atoms with Gasteiger partial charge in [0, 0.05) is 28.9 Å². The van der Waals surface area contributed by atoms with E-state index in [0.29, 0.717) is 33.2 Å². The van der Waals surface area contributed by atoms with Gasteiger partial charge in [0.15, 0.2) is 0 Å². The van der Waals surface area contributed by atoms with Gasteiger partial charge < -0.3 is 21.4 Å². The molecule has 1 aliphatic rings. The van der Waals surface area contributed by atoms with Crippen molar-refractivity contribution in [1.82, 2.24) is 5.32 Å². The zero-order valence-electron chi connectivity index (χ0n) is 19.8. The topological polar surface area (TPSA) is 100.0 Å². The number of hydrogen-bond acceptors (Lipinski definition) is 5. The van der Waals surface area contributed by atoms with E-state index >= 15 is 0 Å². The summed E-state index contributed by atoms with van der Waals surface area (Å²) >= 11 is 12.7. The van der Waals surface area contributed by atoms with Crippen LogP contribution in [-0.4, -0.2) is 38.2 Å². The van der Waals surface area contributed by atoms with Gasteiger partial charge in [-0.2, -0.15) is 0 Å². The zero-order valence-corrected chi connectivity index (χ0v) is 21.3. The van der Waals surface area contributed by atoms with Crippen molar-refractivity contribution >= 4 is 52.1 Å². The highest BCUT2D eigenvalue weighted by Gasteiger charge is 2.30. The van der Waals surface area contributed by atoms with Gasteiger partial charge in [-0.1, -0.05) is 41.9 Å². The van der Waals surface area contributed by atoms with Gasteiger partial charge in [-0.15, -0.1) is 5.10 Å². The highest BCUT2D eigenvalue weighted by atomic mass is 35.5. The lowest BCUT2D eigenvalue weighted by molar-refractivity contribution is 0.0976. The van der Waals surface area contributed by atoms with Gasteiger partial charge in [0.25, 0.3) is 5.91 Å². The number of amides is 1. The second kappa shape index (κ2) is 10.7. The molecule has 192 valence electrons. The van der Waals surface area contributed by atoms with Gasteiger partial charge in [0.1, 0.15) is 12.0 Å². The molecule has 1 fully saturated rings. The molecule has 0 unspecified atom stereocenters. The number of guanidine groups is 1. The van der Waals surface area contributed by atoms with E-state index in [1.54, 1.807) is 48.3 Å². The van der Waals surface area contributed by atoms with Crippen LogP contribution in [0.15, 0.2) is 66.3 Å². The lowest BCUT2D eigenvalue weighted by Gasteiger charge is -2.39. The van der Waals surface area contributed by atoms with Gasteiger partial charge in [-0.25, -0.2) is 8.78 Å². The highest BCUT2D eigenvalue weighted by molar-refractivity contribution is 6.33. The van der Waals surface area contributed by atoms with Gasteiger partial charge in [0.05, 0.1) is 35.1 Å². The molecule has 1 aliphatic heterocycles. The van der Waals surface area contributed by atoms with Crippen LogP contribution in [0.4, 0.5) is 20.2 Å². The zero-order chi connectivity index (χ0) is 26.9. The van der Waals surface area contributed by atoms with Gasteiger partial charge in [-0.05, 0) is 48.0 Å². The van der Waals surface area contributed by atoms with Crippen LogP contribution in [0.25, 0.3) is 16.8 Å². The number of hydrogen-bond donors (Lipinski definition) is 3. The molecule has 3 aromatic carbocycles. The Bertz CT molecular complexity index is 1390. The molecule has 4 rings (SSSR count). The molecule has 0 spiro atoms. The molecule has 0 atom stereocenters. The lowest BCUT2D eigenvalue weighted by atomic mass is 9.99. The van der Waals surface area contributed by atoms with E-state index in [-0.39, 0.29) is 35.2 Å². The van der Waals surface area contributed by atoms with Crippen molar-refractivity contribution in [3.63, 3.8) is 0 Å². The Balaban J connectivity index is 1.75. The summed E-state index contributed by atoms with van der Waals surface area (Å²) in [6, 6.07) is 14.6. The predicted octanol–water partition coefficient (Wildman–Crippen LogP) is 4.98. The van der Waals surface area contributed by atoms with Crippen molar-refractivity contribution < 1.29 is 13.6 Å². The fourth-order valence-electron chi connectivity index (χ4n) is 4.04. The summed E-state index contributed by atoms with van der Waals surface area (Å²) in [5.41, 5.74) is 8.90. The summed E-state index contributed by atoms with van der Waals surface area (Å²) in [7, 11) is 1.73. The van der Waals surface area contributed by atoms with Crippen molar-refractivity contribution in [3.8, 4) is 11.1 Å². The average molecular weight is 545 g/mol. The third kappa shape index (κ3) is 5.33. The largest absolute Gasteiger partial charge is 0.368 e. The van der Waals surface area contributed by atoms with Crippen molar-refractivity contribution in [2.75, 3.05) is 29.9 Å². The van der Waals surface area contributed by atoms with E-state index in [1.807, 2.05) is 11.0 Å². The van der Waals surface area contributed by atoms with E-state index < -0.39 is 17.9 Å². The number of hydrazone groups is 1. The van der Waals surface area contributed by atoms with Crippen molar-refractivity contribution in [3.05, 3.63) is 88.2 Å². The van der Waals surface area contributed by atoms with E-state index in [1.165, 1.54) is 12.1 Å². The second-order valence-corrected chi connectivity index (χ2v) is 9.29. The quantitative estimate of drug-likeness (QED) is 0.176. The molecule has 1 saturated heterocycles. The number of carbonyl (C=O) groups is 1. The Morgan fingerprint density at radius 3 is 2.54 bits per heavy atom. The Hall–Kier alpha value is -3.82. The number of carbonyl (C=O) groups excluding carboxylic acids is 1. The van der Waals surface area contributed by atoms with Crippen LogP contribution in [-0.2, 0) is 0 Å². The number of alkyl halides is 1. The number of nitrogens with two attached hydrogens (primary N) is 2. The van der Waals surface area contributed by atoms with Crippen molar-refractivity contribution in [2.24, 2.45) is 16.7 Å². The number of halogens is 4. The SMILES string of the molecule is C=C(c1c(F)cccc1Cl)N(C)c1ccc(-c2cc(C(=O)N/C(N)=N/N)ccc2Cl)cc1N1CC(F)C1. The number of nitrogens with zero attached hydrogens (tertiary/aromatic N) is 3. The Kier molecular flexibility index (Phi) is 7.56. The minimum Gasteiger partial charge on any atom is -0.368 e. The first-order valence-corrected chi connectivity index (χ1v) is 11.9. The number of benzene rings is 3. The lowest BCUT2D eigenvalue weighted by Crippen LogP contribution is -2.48. The molecule has 1 amide bonds. The maximum Gasteiger partial charge on any atom is 0.258 e. The van der Waals surface area contributed by atoms with E-state index in [9.17, 15) is 13.6 Å². The fourth-order valence-corrected chi connectivity index (χ4v) is 4.54. The first kappa shape index (κ1) is 26.2. The molecule has 11 heteroatoms. The summed E-state index contributed by atoms with van der Waals surface area (Å²) in [6.45, 7) is 4.45. The summed E-state index contributed by atoms with van der Waals surface area (Å²) < 4.78 is 28.4. The molecule has 5 N–H and O–H groups in total. The van der Waals surface area contributed by atoms with E-state index in [4.69, 9.17) is 34.8 Å². The van der Waals surface area contributed by atoms with Gasteiger partial charge >= 0.3 is 0 Å². The Labute approximate surface area is 222 Å². The predicted molar refractivity (Wildman–Crippen MR) is 146 cm³/mol. The summed E-state index contributed by atoms with van der Waals surface area (Å²) in [5.74, 6) is 3.84. The van der Waals surface area contributed by atoms with Crippen LogP contribution in [0.2, 0.25) is 10.0 Å². The first-order chi connectivity index (χ1) is 17.6. The van der Waals surface area contributed by atoms with Gasteiger partial charge in [0.2, 0.25) is 5.96 Å². The van der Waals surface area contributed by atoms with Crippen LogP contribution < -0.4 is 26.7 Å². The molecule has 7 nitrogen and oxygen atoms in total. The maximum absolute atomic E-state index is 14.6. The fraction of sp³-hybridized carbons (Fsp3) is 0.154. The van der Waals surface area contributed by atoms with Crippen LogP contribution in [0.5, 0.6) is 0 Å². The molecule has 0 saturated carbocycles. The molecule has 0 aromatic heterocycles. The van der Waals surface area contributed by atoms with Crippen LogP contribution in [0.3, 0.4) is 0 Å². The van der Waals surface area contributed by atoms with E-state index in [0.717, 1.165) is 0 Å². The number of anilines is 2. The normalized spacial score (nSPS) is 13.8. The Morgan fingerprint density at radius 1 is 1.16 bits per heavy atom. The molecular weight excluding hydrogens is 521 g/mol. The van der Waals surface area contributed by atoms with Crippen LogP contribution >= 0.6 is 23.2 Å². The molecule has 0 aliphatic carbocycles. The molecular formula is C26H24Cl2F2N6O. The van der Waals surface area contributed by atoms with Crippen molar-refractivity contribution in [1.29, 1.82) is 0 Å². The highest BCUT2D eigenvalue weighted by Crippen LogP contribution is 2.41.